The fourth-order valence-electron chi connectivity index (χ4n) is 2.05. The van der Waals surface area contributed by atoms with Crippen LogP contribution in [-0.2, 0) is 4.74 Å². The number of carbonyl (C=O) groups is 1. The van der Waals surface area contributed by atoms with Gasteiger partial charge in [-0.15, -0.1) is 0 Å². The SMILES string of the molecule is CCCC1CC(NCCNC(N)=O)CCO1. The van der Waals surface area contributed by atoms with Gasteiger partial charge in [-0.1, -0.05) is 13.3 Å². The van der Waals surface area contributed by atoms with Gasteiger partial charge in [-0.2, -0.15) is 0 Å². The minimum absolute atomic E-state index is 0.403. The van der Waals surface area contributed by atoms with Crippen molar-refractivity contribution in [2.24, 2.45) is 5.73 Å². The first-order valence-corrected chi connectivity index (χ1v) is 6.10. The predicted octanol–water partition coefficient (Wildman–Crippen LogP) is 0.592. The largest absolute Gasteiger partial charge is 0.378 e. The van der Waals surface area contributed by atoms with E-state index in [1.807, 2.05) is 0 Å². The second-order valence-corrected chi connectivity index (χ2v) is 4.25. The van der Waals surface area contributed by atoms with Gasteiger partial charge < -0.3 is 21.1 Å². The predicted molar refractivity (Wildman–Crippen MR) is 63.3 cm³/mol. The van der Waals surface area contributed by atoms with E-state index in [1.165, 1.54) is 6.42 Å². The molecule has 5 nitrogen and oxygen atoms in total. The van der Waals surface area contributed by atoms with Crippen LogP contribution in [0.2, 0.25) is 0 Å². The molecule has 2 unspecified atom stereocenters. The van der Waals surface area contributed by atoms with Crippen LogP contribution in [0.15, 0.2) is 0 Å². The van der Waals surface area contributed by atoms with Crippen molar-refractivity contribution in [2.75, 3.05) is 19.7 Å². The molecule has 0 aromatic carbocycles. The molecule has 0 saturated carbocycles. The van der Waals surface area contributed by atoms with Gasteiger partial charge in [0.15, 0.2) is 0 Å². The summed E-state index contributed by atoms with van der Waals surface area (Å²) in [5.41, 5.74) is 4.98. The number of ether oxygens (including phenoxy) is 1. The van der Waals surface area contributed by atoms with Gasteiger partial charge >= 0.3 is 6.03 Å². The molecule has 0 aromatic rings. The minimum atomic E-state index is -0.461. The Labute approximate surface area is 97.1 Å². The average Bonchev–Trinajstić information content (AvgIpc) is 2.25. The Bertz CT molecular complexity index is 209. The molecule has 4 N–H and O–H groups in total. The smallest absolute Gasteiger partial charge is 0.312 e. The topological polar surface area (TPSA) is 76.4 Å². The summed E-state index contributed by atoms with van der Waals surface area (Å²) in [5.74, 6) is 0. The van der Waals surface area contributed by atoms with Crippen LogP contribution in [0.4, 0.5) is 4.79 Å². The summed E-state index contributed by atoms with van der Waals surface area (Å²) in [4.78, 5) is 10.5. The van der Waals surface area contributed by atoms with E-state index in [4.69, 9.17) is 10.5 Å². The Morgan fingerprint density at radius 3 is 3.00 bits per heavy atom. The van der Waals surface area contributed by atoms with Crippen molar-refractivity contribution in [2.45, 2.75) is 44.8 Å². The number of hydrogen-bond donors (Lipinski definition) is 3. The lowest BCUT2D eigenvalue weighted by molar-refractivity contribution is -0.00297. The van der Waals surface area contributed by atoms with E-state index in [9.17, 15) is 4.79 Å². The van der Waals surface area contributed by atoms with Gasteiger partial charge in [-0.05, 0) is 19.3 Å². The van der Waals surface area contributed by atoms with Crippen molar-refractivity contribution in [3.63, 3.8) is 0 Å². The second kappa shape index (κ2) is 7.46. The molecule has 2 atom stereocenters. The second-order valence-electron chi connectivity index (χ2n) is 4.25. The van der Waals surface area contributed by atoms with Crippen LogP contribution < -0.4 is 16.4 Å². The highest BCUT2D eigenvalue weighted by Crippen LogP contribution is 2.17. The number of carbonyl (C=O) groups excluding carboxylic acids is 1. The van der Waals surface area contributed by atoms with Crippen molar-refractivity contribution in [3.8, 4) is 0 Å². The molecule has 1 saturated heterocycles. The molecule has 0 spiro atoms. The first-order chi connectivity index (χ1) is 7.72. The Balaban J connectivity index is 2.09. The Hall–Kier alpha value is -0.810. The zero-order valence-corrected chi connectivity index (χ0v) is 10.00. The van der Waals surface area contributed by atoms with Gasteiger partial charge in [0, 0.05) is 25.7 Å². The molecule has 1 fully saturated rings. The first kappa shape index (κ1) is 13.3. The highest BCUT2D eigenvalue weighted by molar-refractivity contribution is 5.71. The fourth-order valence-corrected chi connectivity index (χ4v) is 2.05. The standard InChI is InChI=1S/C11H23N3O2/c1-2-3-10-8-9(4-7-16-10)13-5-6-14-11(12)15/h9-10,13H,2-8H2,1H3,(H3,12,14,15). The lowest BCUT2D eigenvalue weighted by Gasteiger charge is -2.30. The summed E-state index contributed by atoms with van der Waals surface area (Å²) < 4.78 is 5.66. The van der Waals surface area contributed by atoms with Crippen LogP contribution >= 0.6 is 0 Å². The Kier molecular flexibility index (Phi) is 6.18. The average molecular weight is 229 g/mol. The van der Waals surface area contributed by atoms with Gasteiger partial charge in [0.2, 0.25) is 0 Å². The van der Waals surface area contributed by atoms with Gasteiger partial charge in [0.25, 0.3) is 0 Å². The Morgan fingerprint density at radius 2 is 2.31 bits per heavy atom. The molecule has 0 radical (unpaired) electrons. The number of rotatable bonds is 6. The summed E-state index contributed by atoms with van der Waals surface area (Å²) in [6.45, 7) is 4.38. The normalized spacial score (nSPS) is 25.3. The van der Waals surface area contributed by atoms with E-state index >= 15 is 0 Å². The zero-order valence-electron chi connectivity index (χ0n) is 10.00. The van der Waals surface area contributed by atoms with Gasteiger partial charge in [0.1, 0.15) is 0 Å². The van der Waals surface area contributed by atoms with Gasteiger partial charge in [-0.25, -0.2) is 4.79 Å². The fraction of sp³-hybridized carbons (Fsp3) is 0.909. The third-order valence-electron chi connectivity index (χ3n) is 2.84. The summed E-state index contributed by atoms with van der Waals surface area (Å²) >= 11 is 0. The third kappa shape index (κ3) is 5.32. The van der Waals surface area contributed by atoms with E-state index in [2.05, 4.69) is 17.6 Å². The van der Waals surface area contributed by atoms with E-state index in [0.29, 0.717) is 18.7 Å². The quantitative estimate of drug-likeness (QED) is 0.583. The van der Waals surface area contributed by atoms with Gasteiger partial charge in [0.05, 0.1) is 6.10 Å². The maximum Gasteiger partial charge on any atom is 0.312 e. The molecule has 1 heterocycles. The van der Waals surface area contributed by atoms with Gasteiger partial charge in [-0.3, -0.25) is 0 Å². The summed E-state index contributed by atoms with van der Waals surface area (Å²) in [5, 5.41) is 5.98. The zero-order chi connectivity index (χ0) is 11.8. The monoisotopic (exact) mass is 229 g/mol. The van der Waals surface area contributed by atoms with E-state index < -0.39 is 6.03 Å². The molecule has 1 rings (SSSR count). The van der Waals surface area contributed by atoms with Crippen molar-refractivity contribution in [1.82, 2.24) is 10.6 Å². The van der Waals surface area contributed by atoms with Crippen LogP contribution in [0.25, 0.3) is 0 Å². The molecule has 0 aromatic heterocycles. The van der Waals surface area contributed by atoms with Crippen molar-refractivity contribution in [3.05, 3.63) is 0 Å². The van der Waals surface area contributed by atoms with Crippen molar-refractivity contribution in [1.29, 1.82) is 0 Å². The van der Waals surface area contributed by atoms with Crippen LogP contribution in [0.5, 0.6) is 0 Å². The van der Waals surface area contributed by atoms with Crippen molar-refractivity contribution >= 4 is 6.03 Å². The Morgan fingerprint density at radius 1 is 1.50 bits per heavy atom. The van der Waals surface area contributed by atoms with Crippen LogP contribution in [0.3, 0.4) is 0 Å². The number of nitrogens with one attached hydrogen (secondary N) is 2. The number of nitrogens with two attached hydrogens (primary N) is 1. The highest BCUT2D eigenvalue weighted by Gasteiger charge is 2.20. The molecule has 5 heteroatoms. The van der Waals surface area contributed by atoms with E-state index in [0.717, 1.165) is 32.4 Å². The molecule has 1 aliphatic heterocycles. The molecular weight excluding hydrogens is 206 g/mol. The third-order valence-corrected chi connectivity index (χ3v) is 2.84. The molecule has 94 valence electrons. The summed E-state index contributed by atoms with van der Waals surface area (Å²) in [7, 11) is 0. The number of primary amides is 1. The van der Waals surface area contributed by atoms with E-state index in [-0.39, 0.29) is 0 Å². The van der Waals surface area contributed by atoms with E-state index in [1.54, 1.807) is 0 Å². The molecule has 2 amide bonds. The highest BCUT2D eigenvalue weighted by atomic mass is 16.5. The molecule has 16 heavy (non-hydrogen) atoms. The van der Waals surface area contributed by atoms with Crippen molar-refractivity contribution < 1.29 is 9.53 Å². The van der Waals surface area contributed by atoms with Crippen LogP contribution in [-0.4, -0.2) is 37.9 Å². The summed E-state index contributed by atoms with van der Waals surface area (Å²) in [6.07, 6.45) is 4.83. The lowest BCUT2D eigenvalue weighted by atomic mass is 10.0. The minimum Gasteiger partial charge on any atom is -0.378 e. The molecular formula is C11H23N3O2. The summed E-state index contributed by atoms with van der Waals surface area (Å²) in [6, 6.07) is 0.0533. The molecule has 0 bridgehead atoms. The number of urea groups is 1. The molecule has 0 aliphatic carbocycles. The maximum atomic E-state index is 10.5. The number of amides is 2. The molecule has 1 aliphatic rings. The maximum absolute atomic E-state index is 10.5. The van der Waals surface area contributed by atoms with Crippen LogP contribution in [0, 0.1) is 0 Å². The van der Waals surface area contributed by atoms with Crippen LogP contribution in [0.1, 0.15) is 32.6 Å². The number of hydrogen-bond acceptors (Lipinski definition) is 3. The lowest BCUT2D eigenvalue weighted by Crippen LogP contribution is -2.43. The first-order valence-electron chi connectivity index (χ1n) is 6.10.